The summed E-state index contributed by atoms with van der Waals surface area (Å²) in [6.45, 7) is 0.185. The van der Waals surface area contributed by atoms with E-state index in [2.05, 4.69) is 16.1 Å². The molecule has 0 rings (SSSR count). The third-order valence-electron chi connectivity index (χ3n) is 0.773. The van der Waals surface area contributed by atoms with Crippen molar-refractivity contribution >= 4 is 5.91 Å². The maximum atomic E-state index is 10.5. The minimum absolute atomic E-state index is 0.161. The van der Waals surface area contributed by atoms with Crippen LogP contribution in [0.5, 0.6) is 0 Å². The van der Waals surface area contributed by atoms with Crippen molar-refractivity contribution < 1.29 is 9.63 Å². The molecule has 0 unspecified atom stereocenters. The molecular formula is C5H9N3O2. The van der Waals surface area contributed by atoms with Crippen LogP contribution in [0, 0.1) is 11.3 Å². The van der Waals surface area contributed by atoms with E-state index in [0.29, 0.717) is 13.0 Å². The van der Waals surface area contributed by atoms with Crippen LogP contribution >= 0.6 is 0 Å². The summed E-state index contributed by atoms with van der Waals surface area (Å²) >= 11 is 0. The summed E-state index contributed by atoms with van der Waals surface area (Å²) in [5.41, 5.74) is 0. The number of carbonyl (C=O) groups is 1. The molecule has 0 aromatic carbocycles. The fourth-order valence-corrected chi connectivity index (χ4v) is 0.385. The van der Waals surface area contributed by atoms with Gasteiger partial charge in [-0.05, 0) is 0 Å². The van der Waals surface area contributed by atoms with Gasteiger partial charge in [-0.25, -0.2) is 5.90 Å². The van der Waals surface area contributed by atoms with Gasteiger partial charge in [-0.2, -0.15) is 5.26 Å². The minimum atomic E-state index is -0.308. The molecule has 0 spiro atoms. The Bertz CT molecular complexity index is 140. The van der Waals surface area contributed by atoms with Crippen molar-refractivity contribution in [3.8, 4) is 6.07 Å². The summed E-state index contributed by atoms with van der Waals surface area (Å²) in [6.07, 6.45) is 0.302. The van der Waals surface area contributed by atoms with E-state index in [0.717, 1.165) is 0 Å². The van der Waals surface area contributed by atoms with E-state index in [9.17, 15) is 4.79 Å². The van der Waals surface area contributed by atoms with E-state index in [1.54, 1.807) is 0 Å². The summed E-state index contributed by atoms with van der Waals surface area (Å²) in [5, 5.41) is 10.5. The van der Waals surface area contributed by atoms with Gasteiger partial charge in [0, 0.05) is 6.54 Å². The van der Waals surface area contributed by atoms with E-state index < -0.39 is 0 Å². The standard InChI is InChI=1S/C5H9N3O2/c6-2-1-3-8-5(9)4-10-7/h1,3-4,7H2,(H,8,9). The normalized spacial score (nSPS) is 8.40. The first-order valence-electron chi connectivity index (χ1n) is 2.76. The summed E-state index contributed by atoms with van der Waals surface area (Å²) < 4.78 is 0. The van der Waals surface area contributed by atoms with Crippen LogP contribution in [0.1, 0.15) is 6.42 Å². The van der Waals surface area contributed by atoms with E-state index >= 15 is 0 Å². The van der Waals surface area contributed by atoms with E-state index in [-0.39, 0.29) is 12.5 Å². The molecule has 0 radical (unpaired) electrons. The highest BCUT2D eigenvalue weighted by molar-refractivity contribution is 5.77. The fourth-order valence-electron chi connectivity index (χ4n) is 0.385. The van der Waals surface area contributed by atoms with Gasteiger partial charge in [-0.3, -0.25) is 9.63 Å². The Kier molecular flexibility index (Phi) is 5.33. The summed E-state index contributed by atoms with van der Waals surface area (Å²) in [7, 11) is 0. The zero-order valence-electron chi connectivity index (χ0n) is 5.46. The largest absolute Gasteiger partial charge is 0.353 e. The lowest BCUT2D eigenvalue weighted by molar-refractivity contribution is -0.125. The smallest absolute Gasteiger partial charge is 0.248 e. The predicted molar refractivity (Wildman–Crippen MR) is 33.4 cm³/mol. The first-order valence-corrected chi connectivity index (χ1v) is 2.76. The van der Waals surface area contributed by atoms with Gasteiger partial charge in [0.15, 0.2) is 0 Å². The molecule has 0 aromatic rings. The first kappa shape index (κ1) is 8.88. The molecule has 0 aliphatic carbocycles. The van der Waals surface area contributed by atoms with Crippen LogP contribution in [0.25, 0.3) is 0 Å². The lowest BCUT2D eigenvalue weighted by atomic mass is 10.4. The summed E-state index contributed by atoms with van der Waals surface area (Å²) in [6, 6.07) is 1.88. The van der Waals surface area contributed by atoms with Gasteiger partial charge >= 0.3 is 0 Å². The monoisotopic (exact) mass is 143 g/mol. The molecule has 10 heavy (non-hydrogen) atoms. The molecular weight excluding hydrogens is 134 g/mol. The van der Waals surface area contributed by atoms with E-state index in [1.165, 1.54) is 0 Å². The number of rotatable bonds is 4. The van der Waals surface area contributed by atoms with Crippen LogP contribution in [0.3, 0.4) is 0 Å². The quantitative estimate of drug-likeness (QED) is 0.386. The van der Waals surface area contributed by atoms with Gasteiger partial charge < -0.3 is 5.32 Å². The topological polar surface area (TPSA) is 88.1 Å². The Morgan fingerprint density at radius 2 is 2.50 bits per heavy atom. The van der Waals surface area contributed by atoms with Crippen molar-refractivity contribution in [1.29, 1.82) is 5.26 Å². The number of amides is 1. The average Bonchev–Trinajstić information content (AvgIpc) is 1.89. The Hall–Kier alpha value is -1.12. The number of hydrogen-bond acceptors (Lipinski definition) is 4. The SMILES string of the molecule is N#CCCNC(=O)CON. The van der Waals surface area contributed by atoms with Gasteiger partial charge in [0.2, 0.25) is 5.91 Å². The maximum Gasteiger partial charge on any atom is 0.248 e. The molecule has 0 aliphatic rings. The third-order valence-corrected chi connectivity index (χ3v) is 0.773. The van der Waals surface area contributed by atoms with Crippen molar-refractivity contribution in [2.45, 2.75) is 6.42 Å². The molecule has 0 saturated heterocycles. The number of carbonyl (C=O) groups excluding carboxylic acids is 1. The highest BCUT2D eigenvalue weighted by Gasteiger charge is 1.96. The van der Waals surface area contributed by atoms with Gasteiger partial charge in [0.1, 0.15) is 6.61 Å². The number of nitrogens with zero attached hydrogens (tertiary/aromatic N) is 1. The molecule has 5 heteroatoms. The second-order valence-electron chi connectivity index (χ2n) is 1.57. The van der Waals surface area contributed by atoms with Crippen molar-refractivity contribution in [2.75, 3.05) is 13.2 Å². The van der Waals surface area contributed by atoms with Crippen LogP contribution in [0.4, 0.5) is 0 Å². The number of hydrogen-bond donors (Lipinski definition) is 2. The molecule has 0 atom stereocenters. The molecule has 0 fully saturated rings. The molecule has 0 aliphatic heterocycles. The first-order chi connectivity index (χ1) is 4.81. The molecule has 0 aromatic heterocycles. The molecule has 0 heterocycles. The molecule has 3 N–H and O–H groups in total. The lowest BCUT2D eigenvalue weighted by Crippen LogP contribution is -2.29. The summed E-state index contributed by atoms with van der Waals surface area (Å²) in [5.74, 6) is 4.30. The molecule has 0 bridgehead atoms. The second kappa shape index (κ2) is 6.01. The van der Waals surface area contributed by atoms with Gasteiger partial charge in [0.25, 0.3) is 0 Å². The van der Waals surface area contributed by atoms with Crippen molar-refractivity contribution in [3.63, 3.8) is 0 Å². The number of nitrogens with two attached hydrogens (primary N) is 1. The maximum absolute atomic E-state index is 10.5. The zero-order valence-corrected chi connectivity index (χ0v) is 5.46. The van der Waals surface area contributed by atoms with Crippen molar-refractivity contribution in [2.24, 2.45) is 5.90 Å². The minimum Gasteiger partial charge on any atom is -0.353 e. The lowest BCUT2D eigenvalue weighted by Gasteiger charge is -1.98. The van der Waals surface area contributed by atoms with Crippen molar-refractivity contribution in [1.82, 2.24) is 5.32 Å². The average molecular weight is 143 g/mol. The molecule has 0 saturated carbocycles. The third kappa shape index (κ3) is 5.03. The van der Waals surface area contributed by atoms with Crippen LogP contribution < -0.4 is 11.2 Å². The van der Waals surface area contributed by atoms with Crippen molar-refractivity contribution in [3.05, 3.63) is 0 Å². The Labute approximate surface area is 58.7 Å². The molecule has 56 valence electrons. The van der Waals surface area contributed by atoms with E-state index in [4.69, 9.17) is 5.26 Å². The highest BCUT2D eigenvalue weighted by Crippen LogP contribution is 1.71. The second-order valence-corrected chi connectivity index (χ2v) is 1.57. The summed E-state index contributed by atoms with van der Waals surface area (Å²) in [4.78, 5) is 14.5. The Balaban J connectivity index is 3.15. The zero-order chi connectivity index (χ0) is 7.82. The van der Waals surface area contributed by atoms with Crippen LogP contribution in [-0.2, 0) is 9.63 Å². The van der Waals surface area contributed by atoms with Gasteiger partial charge in [0.05, 0.1) is 12.5 Å². The number of nitriles is 1. The van der Waals surface area contributed by atoms with E-state index in [1.807, 2.05) is 6.07 Å². The fraction of sp³-hybridized carbons (Fsp3) is 0.600. The Morgan fingerprint density at radius 1 is 1.80 bits per heavy atom. The Morgan fingerprint density at radius 3 is 3.00 bits per heavy atom. The molecule has 1 amide bonds. The van der Waals surface area contributed by atoms with Crippen LogP contribution in [0.2, 0.25) is 0 Å². The van der Waals surface area contributed by atoms with Crippen LogP contribution in [0.15, 0.2) is 0 Å². The highest BCUT2D eigenvalue weighted by atomic mass is 16.6. The van der Waals surface area contributed by atoms with Gasteiger partial charge in [-0.1, -0.05) is 0 Å². The van der Waals surface area contributed by atoms with Crippen LogP contribution in [-0.4, -0.2) is 19.1 Å². The number of nitrogens with one attached hydrogen (secondary N) is 1. The molecule has 5 nitrogen and oxygen atoms in total. The predicted octanol–water partition coefficient (Wildman–Crippen LogP) is -1.09. The van der Waals surface area contributed by atoms with Gasteiger partial charge in [-0.15, -0.1) is 0 Å².